The molecule has 7 heteroatoms. The minimum absolute atomic E-state index is 0.0164. The number of benzene rings is 1. The van der Waals surface area contributed by atoms with E-state index in [4.69, 9.17) is 16.0 Å². The highest BCUT2D eigenvalue weighted by atomic mass is 35.5. The van der Waals surface area contributed by atoms with E-state index < -0.39 is 0 Å². The number of halogens is 1. The van der Waals surface area contributed by atoms with E-state index in [2.05, 4.69) is 10.2 Å². The Labute approximate surface area is 155 Å². The van der Waals surface area contributed by atoms with Gasteiger partial charge < -0.3 is 9.32 Å². The van der Waals surface area contributed by atoms with E-state index >= 15 is 0 Å². The molecule has 0 aliphatic carbocycles. The Bertz CT molecular complexity index is 848. The standard InChI is InChI=1S/C18H18ClN3O2S/c1-12(13-4-3-5-15(19)10-13)22(2)17(23)7-6-16-20-21-18(24-16)14-8-9-25-11-14/h3-5,8-12H,6-7H2,1-2H3. The van der Waals surface area contributed by atoms with Crippen LogP contribution in [-0.2, 0) is 11.2 Å². The van der Waals surface area contributed by atoms with Gasteiger partial charge in [-0.1, -0.05) is 23.7 Å². The zero-order valence-electron chi connectivity index (χ0n) is 14.0. The van der Waals surface area contributed by atoms with E-state index in [1.165, 1.54) is 0 Å². The van der Waals surface area contributed by atoms with Gasteiger partial charge in [0.1, 0.15) is 0 Å². The number of amides is 1. The van der Waals surface area contributed by atoms with Crippen molar-refractivity contribution >= 4 is 28.8 Å². The number of carbonyl (C=O) groups excluding carboxylic acids is 1. The summed E-state index contributed by atoms with van der Waals surface area (Å²) in [7, 11) is 1.79. The first kappa shape index (κ1) is 17.6. The van der Waals surface area contributed by atoms with Crippen LogP contribution in [0.25, 0.3) is 11.5 Å². The highest BCUT2D eigenvalue weighted by Gasteiger charge is 2.19. The number of carbonyl (C=O) groups is 1. The second kappa shape index (κ2) is 7.80. The first-order valence-electron chi connectivity index (χ1n) is 7.90. The summed E-state index contributed by atoms with van der Waals surface area (Å²) in [6.07, 6.45) is 0.731. The molecule has 3 rings (SSSR count). The Kier molecular flexibility index (Phi) is 5.50. The summed E-state index contributed by atoms with van der Waals surface area (Å²) in [5.74, 6) is 0.977. The van der Waals surface area contributed by atoms with E-state index in [1.807, 2.05) is 48.0 Å². The largest absolute Gasteiger partial charge is 0.421 e. The lowest BCUT2D eigenvalue weighted by Gasteiger charge is -2.25. The van der Waals surface area contributed by atoms with Crippen LogP contribution in [-0.4, -0.2) is 28.1 Å². The molecule has 3 aromatic rings. The van der Waals surface area contributed by atoms with Crippen molar-refractivity contribution in [3.63, 3.8) is 0 Å². The van der Waals surface area contributed by atoms with Gasteiger partial charge in [0.2, 0.25) is 17.7 Å². The third kappa shape index (κ3) is 4.27. The van der Waals surface area contributed by atoms with Crippen molar-refractivity contribution in [1.29, 1.82) is 0 Å². The monoisotopic (exact) mass is 375 g/mol. The molecule has 1 amide bonds. The highest BCUT2D eigenvalue weighted by molar-refractivity contribution is 7.08. The van der Waals surface area contributed by atoms with Crippen LogP contribution in [0.4, 0.5) is 0 Å². The van der Waals surface area contributed by atoms with Gasteiger partial charge in [-0.3, -0.25) is 4.79 Å². The lowest BCUT2D eigenvalue weighted by molar-refractivity contribution is -0.131. The molecular weight excluding hydrogens is 358 g/mol. The molecule has 130 valence electrons. The summed E-state index contributed by atoms with van der Waals surface area (Å²) in [5, 5.41) is 12.6. The smallest absolute Gasteiger partial charge is 0.248 e. The number of hydrogen-bond donors (Lipinski definition) is 0. The van der Waals surface area contributed by atoms with Crippen LogP contribution in [0.1, 0.15) is 30.8 Å². The zero-order valence-corrected chi connectivity index (χ0v) is 15.5. The molecule has 0 aliphatic rings. The van der Waals surface area contributed by atoms with Crippen molar-refractivity contribution in [2.24, 2.45) is 0 Å². The minimum Gasteiger partial charge on any atom is -0.421 e. The van der Waals surface area contributed by atoms with Crippen LogP contribution in [0, 0.1) is 0 Å². The molecule has 1 aromatic carbocycles. The van der Waals surface area contributed by atoms with Crippen molar-refractivity contribution in [2.45, 2.75) is 25.8 Å². The second-order valence-electron chi connectivity index (χ2n) is 5.75. The van der Waals surface area contributed by atoms with Crippen LogP contribution >= 0.6 is 22.9 Å². The second-order valence-corrected chi connectivity index (χ2v) is 6.97. The van der Waals surface area contributed by atoms with Crippen LogP contribution in [0.5, 0.6) is 0 Å². The molecule has 5 nitrogen and oxygen atoms in total. The maximum Gasteiger partial charge on any atom is 0.248 e. The average Bonchev–Trinajstić information content (AvgIpc) is 3.29. The Balaban J connectivity index is 1.58. The van der Waals surface area contributed by atoms with Gasteiger partial charge in [-0.25, -0.2) is 0 Å². The molecule has 0 radical (unpaired) electrons. The van der Waals surface area contributed by atoms with Crippen molar-refractivity contribution in [2.75, 3.05) is 7.05 Å². The SMILES string of the molecule is CC(c1cccc(Cl)c1)N(C)C(=O)CCc1nnc(-c2ccsc2)o1. The molecule has 0 fully saturated rings. The van der Waals surface area contributed by atoms with Gasteiger partial charge >= 0.3 is 0 Å². The quantitative estimate of drug-likeness (QED) is 0.631. The number of aromatic nitrogens is 2. The van der Waals surface area contributed by atoms with Gasteiger partial charge in [-0.15, -0.1) is 10.2 Å². The van der Waals surface area contributed by atoms with Crippen molar-refractivity contribution in [3.05, 3.63) is 57.6 Å². The van der Waals surface area contributed by atoms with Gasteiger partial charge in [0.05, 0.1) is 6.04 Å². The zero-order chi connectivity index (χ0) is 17.8. The number of hydrogen-bond acceptors (Lipinski definition) is 5. The van der Waals surface area contributed by atoms with Gasteiger partial charge in [0.25, 0.3) is 0 Å². The number of nitrogens with zero attached hydrogens (tertiary/aromatic N) is 3. The molecular formula is C18H18ClN3O2S. The molecule has 2 aromatic heterocycles. The van der Waals surface area contributed by atoms with Crippen LogP contribution < -0.4 is 0 Å². The molecule has 0 bridgehead atoms. The summed E-state index contributed by atoms with van der Waals surface area (Å²) in [4.78, 5) is 14.2. The Morgan fingerprint density at radius 3 is 2.92 bits per heavy atom. The Morgan fingerprint density at radius 1 is 1.36 bits per heavy atom. The van der Waals surface area contributed by atoms with Crippen LogP contribution in [0.3, 0.4) is 0 Å². The van der Waals surface area contributed by atoms with Crippen molar-refractivity contribution in [1.82, 2.24) is 15.1 Å². The van der Waals surface area contributed by atoms with Gasteiger partial charge in [-0.2, -0.15) is 11.3 Å². The maximum atomic E-state index is 12.5. The molecule has 0 aliphatic heterocycles. The van der Waals surface area contributed by atoms with E-state index in [1.54, 1.807) is 23.3 Å². The predicted molar refractivity (Wildman–Crippen MR) is 98.6 cm³/mol. The maximum absolute atomic E-state index is 12.5. The third-order valence-electron chi connectivity index (χ3n) is 4.09. The van der Waals surface area contributed by atoms with Crippen molar-refractivity contribution in [3.8, 4) is 11.5 Å². The number of aryl methyl sites for hydroxylation is 1. The topological polar surface area (TPSA) is 59.2 Å². The molecule has 0 saturated carbocycles. The minimum atomic E-state index is -0.0600. The fourth-order valence-corrected chi connectivity index (χ4v) is 3.28. The van der Waals surface area contributed by atoms with Crippen LogP contribution in [0.15, 0.2) is 45.5 Å². The molecule has 2 heterocycles. The summed E-state index contributed by atoms with van der Waals surface area (Å²) in [6.45, 7) is 1.98. The highest BCUT2D eigenvalue weighted by Crippen LogP contribution is 2.23. The third-order valence-corrected chi connectivity index (χ3v) is 5.01. The first-order chi connectivity index (χ1) is 12.0. The summed E-state index contributed by atoms with van der Waals surface area (Å²) < 4.78 is 5.62. The summed E-state index contributed by atoms with van der Waals surface area (Å²) in [6, 6.07) is 9.41. The fraction of sp³-hybridized carbons (Fsp3) is 0.278. The molecule has 0 spiro atoms. The Hall–Kier alpha value is -2.18. The van der Waals surface area contributed by atoms with E-state index in [9.17, 15) is 4.79 Å². The average molecular weight is 376 g/mol. The molecule has 0 saturated heterocycles. The van der Waals surface area contributed by atoms with Crippen LogP contribution in [0.2, 0.25) is 5.02 Å². The van der Waals surface area contributed by atoms with Gasteiger partial charge in [0.15, 0.2) is 0 Å². The van der Waals surface area contributed by atoms with Gasteiger partial charge in [-0.05, 0) is 36.1 Å². The molecule has 0 N–H and O–H groups in total. The van der Waals surface area contributed by atoms with Gasteiger partial charge in [0, 0.05) is 35.9 Å². The van der Waals surface area contributed by atoms with E-state index in [0.29, 0.717) is 29.6 Å². The Morgan fingerprint density at radius 2 is 2.20 bits per heavy atom. The number of thiophene rings is 1. The van der Waals surface area contributed by atoms with E-state index in [-0.39, 0.29) is 11.9 Å². The lowest BCUT2D eigenvalue weighted by atomic mass is 10.1. The summed E-state index contributed by atoms with van der Waals surface area (Å²) >= 11 is 7.60. The summed E-state index contributed by atoms with van der Waals surface area (Å²) in [5.41, 5.74) is 1.91. The lowest BCUT2D eigenvalue weighted by Crippen LogP contribution is -2.29. The first-order valence-corrected chi connectivity index (χ1v) is 9.22. The van der Waals surface area contributed by atoms with E-state index in [0.717, 1.165) is 11.1 Å². The molecule has 1 atom stereocenters. The van der Waals surface area contributed by atoms with Crippen molar-refractivity contribution < 1.29 is 9.21 Å². The predicted octanol–water partition coefficient (Wildman–Crippen LogP) is 4.60. The normalized spacial score (nSPS) is 12.1. The molecule has 1 unspecified atom stereocenters. The fourth-order valence-electron chi connectivity index (χ4n) is 2.45. The molecule has 25 heavy (non-hydrogen) atoms. The number of rotatable bonds is 6.